The molecule has 266 valence electrons. The molecule has 0 radical (unpaired) electrons. The van der Waals surface area contributed by atoms with Gasteiger partial charge in [-0.1, -0.05) is 0 Å². The third kappa shape index (κ3) is 9.46. The van der Waals surface area contributed by atoms with E-state index >= 15 is 0 Å². The molecular formula is C33H54BBr2N9O3. The van der Waals surface area contributed by atoms with Crippen LogP contribution in [0.3, 0.4) is 0 Å². The minimum absolute atomic E-state index is 0.167. The first-order valence-corrected chi connectivity index (χ1v) is 18.6. The second kappa shape index (κ2) is 16.4. The van der Waals surface area contributed by atoms with Gasteiger partial charge >= 0.3 is 7.12 Å². The third-order valence-electron chi connectivity index (χ3n) is 9.44. The maximum absolute atomic E-state index is 9.44. The summed E-state index contributed by atoms with van der Waals surface area (Å²) in [6.45, 7) is 29.3. The quantitative estimate of drug-likeness (QED) is 0.381. The van der Waals surface area contributed by atoms with Crippen molar-refractivity contribution in [3.8, 4) is 0 Å². The van der Waals surface area contributed by atoms with Crippen molar-refractivity contribution < 1.29 is 14.1 Å². The van der Waals surface area contributed by atoms with Crippen LogP contribution in [0, 0.1) is 0 Å². The molecule has 0 aliphatic carbocycles. The van der Waals surface area contributed by atoms with Crippen LogP contribution in [0.4, 0.5) is 0 Å². The Balaban J connectivity index is 0.000000164. The zero-order valence-electron chi connectivity index (χ0n) is 30.4. The Morgan fingerprint density at radius 2 is 1.19 bits per heavy atom. The monoisotopic (exact) mass is 793 g/mol. The molecule has 48 heavy (non-hydrogen) atoms. The van der Waals surface area contributed by atoms with Gasteiger partial charge in [0, 0.05) is 63.0 Å². The van der Waals surface area contributed by atoms with E-state index < -0.39 is 0 Å². The highest BCUT2D eigenvalue weighted by Gasteiger charge is 2.53. The van der Waals surface area contributed by atoms with E-state index in [1.54, 1.807) is 0 Å². The van der Waals surface area contributed by atoms with E-state index in [4.69, 9.17) is 9.31 Å². The molecule has 7 heterocycles. The minimum atomic E-state index is -0.314. The normalized spacial score (nSPS) is 19.7. The number of carbonyl (C=O) groups excluding carboxylic acids is 1. The molecule has 0 spiro atoms. The summed E-state index contributed by atoms with van der Waals surface area (Å²) in [4.78, 5) is 14.4. The van der Waals surface area contributed by atoms with Gasteiger partial charge in [0.05, 0.1) is 69.3 Å². The number of Topliss-reactive ketones (excluding diaryl/α,β-unsaturated/α-hetero) is 1. The number of ketones is 1. The molecular weight excluding hydrogens is 741 g/mol. The van der Waals surface area contributed by atoms with Crippen LogP contribution in [0.25, 0.3) is 0 Å². The lowest BCUT2D eigenvalue weighted by Gasteiger charge is -2.32. The van der Waals surface area contributed by atoms with Crippen LogP contribution in [-0.2, 0) is 53.4 Å². The van der Waals surface area contributed by atoms with Gasteiger partial charge in [0.2, 0.25) is 0 Å². The average molecular weight is 795 g/mol. The smallest absolute Gasteiger partial charge is 0.399 e. The number of fused-ring (bicyclic) bond motifs is 3. The minimum Gasteiger partial charge on any atom is -0.399 e. The van der Waals surface area contributed by atoms with Crippen LogP contribution in [0.5, 0.6) is 0 Å². The van der Waals surface area contributed by atoms with E-state index in [0.717, 1.165) is 73.3 Å². The van der Waals surface area contributed by atoms with E-state index in [2.05, 4.69) is 127 Å². The molecule has 0 unspecified atom stereocenters. The summed E-state index contributed by atoms with van der Waals surface area (Å²) in [7, 11) is -0.314. The van der Waals surface area contributed by atoms with Gasteiger partial charge < -0.3 is 19.4 Å². The standard InChI is InChI=1S/C15H26BN3O2.C9H14BrN3.C6H8BrN3.C3H6O/c1-11(2)18-7-8-19-13(10-18)12(9-17-19)16-20-14(3,4)15(5,6)21-16;1-7(2)12-3-4-13-9(6-12)8(10)5-11-13;7-5-3-9-10-2-1-8-4-6(5)10;1-3(2)4/h9,11H,7-8,10H2,1-6H3;5,7H,3-4,6H2,1-2H3;3,8H,1-2,4H2;1-2H3. The molecule has 7 rings (SSSR count). The zero-order chi connectivity index (χ0) is 35.4. The highest BCUT2D eigenvalue weighted by Crippen LogP contribution is 2.37. The van der Waals surface area contributed by atoms with Crippen molar-refractivity contribution in [1.82, 2.24) is 44.5 Å². The molecule has 1 N–H and O–H groups in total. The Hall–Kier alpha value is -1.88. The molecule has 4 aliphatic heterocycles. The summed E-state index contributed by atoms with van der Waals surface area (Å²) in [5.41, 5.74) is 4.26. The van der Waals surface area contributed by atoms with E-state index in [1.165, 1.54) is 30.9 Å². The van der Waals surface area contributed by atoms with Crippen LogP contribution in [0.15, 0.2) is 27.5 Å². The van der Waals surface area contributed by atoms with E-state index in [-0.39, 0.29) is 24.1 Å². The van der Waals surface area contributed by atoms with Crippen molar-refractivity contribution in [1.29, 1.82) is 0 Å². The predicted molar refractivity (Wildman–Crippen MR) is 197 cm³/mol. The van der Waals surface area contributed by atoms with Crippen LogP contribution in [0.2, 0.25) is 0 Å². The first-order valence-electron chi connectivity index (χ1n) is 17.0. The number of rotatable bonds is 3. The number of hydrogen-bond acceptors (Lipinski definition) is 9. The Morgan fingerprint density at radius 3 is 1.69 bits per heavy atom. The predicted octanol–water partition coefficient (Wildman–Crippen LogP) is 4.62. The van der Waals surface area contributed by atoms with Gasteiger partial charge in [-0.15, -0.1) is 0 Å². The molecule has 4 aliphatic rings. The molecule has 1 fully saturated rings. The number of nitrogens with one attached hydrogen (secondary N) is 1. The van der Waals surface area contributed by atoms with Crippen molar-refractivity contribution in [3.63, 3.8) is 0 Å². The van der Waals surface area contributed by atoms with Crippen molar-refractivity contribution in [3.05, 3.63) is 44.6 Å². The molecule has 0 aromatic carbocycles. The van der Waals surface area contributed by atoms with Crippen LogP contribution in [0.1, 0.15) is 86.3 Å². The van der Waals surface area contributed by atoms with Gasteiger partial charge in [0.1, 0.15) is 5.78 Å². The Kier molecular flexibility index (Phi) is 13.3. The SMILES string of the molecule is Brc1cnn2c1CNCC2.CC(C)=O.CC(C)N1CCn2ncc(B3OC(C)(C)C(C)(C)O3)c2C1.CC(C)N1CCn2ncc(Br)c2C1. The number of nitrogens with zero attached hydrogens (tertiary/aromatic N) is 8. The van der Waals surface area contributed by atoms with Crippen molar-refractivity contribution >= 4 is 50.2 Å². The Bertz CT molecular complexity index is 1500. The third-order valence-corrected chi connectivity index (χ3v) is 10.8. The number of hydrogen-bond donors (Lipinski definition) is 1. The Labute approximate surface area is 303 Å². The fraction of sp³-hybridized carbons (Fsp3) is 0.697. The van der Waals surface area contributed by atoms with E-state index in [1.807, 2.05) is 23.3 Å². The summed E-state index contributed by atoms with van der Waals surface area (Å²) in [6.07, 6.45) is 5.66. The molecule has 0 atom stereocenters. The molecule has 0 saturated carbocycles. The van der Waals surface area contributed by atoms with Crippen LogP contribution in [-0.4, -0.2) is 95.0 Å². The maximum Gasteiger partial charge on any atom is 0.498 e. The maximum atomic E-state index is 9.44. The number of halogens is 2. The summed E-state index contributed by atoms with van der Waals surface area (Å²) in [5.74, 6) is 0.167. The van der Waals surface area contributed by atoms with Crippen molar-refractivity contribution in [2.45, 2.75) is 132 Å². The second-order valence-electron chi connectivity index (χ2n) is 14.4. The fourth-order valence-corrected chi connectivity index (χ4v) is 6.57. The fourth-order valence-electron chi connectivity index (χ4n) is 5.71. The molecule has 15 heteroatoms. The van der Waals surface area contributed by atoms with Gasteiger partial charge in [0.25, 0.3) is 0 Å². The van der Waals surface area contributed by atoms with Gasteiger partial charge in [0.15, 0.2) is 0 Å². The summed E-state index contributed by atoms with van der Waals surface area (Å²) in [5, 5.41) is 16.3. The lowest BCUT2D eigenvalue weighted by atomic mass is 9.79. The molecule has 12 nitrogen and oxygen atoms in total. The van der Waals surface area contributed by atoms with Gasteiger partial charge in [-0.05, 0) is 101 Å². The average Bonchev–Trinajstić information content (AvgIpc) is 3.77. The lowest BCUT2D eigenvalue weighted by molar-refractivity contribution is -0.115. The molecule has 3 aromatic rings. The molecule has 3 aromatic heterocycles. The molecule has 1 saturated heterocycles. The van der Waals surface area contributed by atoms with Gasteiger partial charge in [-0.2, -0.15) is 15.3 Å². The summed E-state index contributed by atoms with van der Waals surface area (Å²) >= 11 is 6.95. The van der Waals surface area contributed by atoms with Crippen molar-refractivity contribution in [2.24, 2.45) is 0 Å². The summed E-state index contributed by atoms with van der Waals surface area (Å²) in [6, 6.07) is 1.16. The first-order chi connectivity index (χ1) is 22.5. The second-order valence-corrected chi connectivity index (χ2v) is 16.1. The topological polar surface area (TPSA) is 108 Å². The zero-order valence-corrected chi connectivity index (χ0v) is 33.6. The lowest BCUT2D eigenvalue weighted by Crippen LogP contribution is -2.43. The highest BCUT2D eigenvalue weighted by atomic mass is 79.9. The van der Waals surface area contributed by atoms with Crippen molar-refractivity contribution in [2.75, 3.05) is 19.6 Å². The molecule has 0 bridgehead atoms. The van der Waals surface area contributed by atoms with Crippen LogP contribution < -0.4 is 10.8 Å². The van der Waals surface area contributed by atoms with Gasteiger partial charge in [-0.3, -0.25) is 23.8 Å². The van der Waals surface area contributed by atoms with Gasteiger partial charge in [-0.25, -0.2) is 0 Å². The summed E-state index contributed by atoms with van der Waals surface area (Å²) < 4.78 is 20.8. The van der Waals surface area contributed by atoms with Crippen LogP contribution >= 0.6 is 31.9 Å². The first kappa shape index (κ1) is 38.9. The van der Waals surface area contributed by atoms with E-state index in [0.29, 0.717) is 12.1 Å². The largest absolute Gasteiger partial charge is 0.498 e. The molecule has 0 amide bonds. The Morgan fingerprint density at radius 1 is 0.750 bits per heavy atom. The number of aromatic nitrogens is 6. The number of carbonyl (C=O) groups is 1. The van der Waals surface area contributed by atoms with E-state index in [9.17, 15) is 4.79 Å². The highest BCUT2D eigenvalue weighted by molar-refractivity contribution is 9.10.